The van der Waals surface area contributed by atoms with Crippen LogP contribution >= 0.6 is 11.3 Å². The van der Waals surface area contributed by atoms with E-state index in [4.69, 9.17) is 4.74 Å². The van der Waals surface area contributed by atoms with E-state index in [1.807, 2.05) is 18.2 Å². The number of hydrogen-bond donors (Lipinski definition) is 2. The van der Waals surface area contributed by atoms with Gasteiger partial charge in [-0.25, -0.2) is 4.98 Å². The summed E-state index contributed by atoms with van der Waals surface area (Å²) in [5.74, 6) is 0.785. The van der Waals surface area contributed by atoms with Crippen LogP contribution < -0.4 is 15.4 Å². The molecule has 2 heterocycles. The monoisotopic (exact) mass is 306 g/mol. The summed E-state index contributed by atoms with van der Waals surface area (Å²) in [6.07, 6.45) is 0. The van der Waals surface area contributed by atoms with Gasteiger partial charge in [0.05, 0.1) is 23.9 Å². The molecule has 0 spiro atoms. The predicted octanol–water partition coefficient (Wildman–Crippen LogP) is 1.15. The van der Waals surface area contributed by atoms with E-state index in [0.717, 1.165) is 42.1 Å². The molecular weight excluding hydrogens is 288 g/mol. The number of ether oxygens (including phenoxy) is 1. The van der Waals surface area contributed by atoms with Crippen LogP contribution in [0, 0.1) is 0 Å². The maximum Gasteiger partial charge on any atom is 0.240 e. The third-order valence-electron chi connectivity index (χ3n) is 3.42. The number of aromatic nitrogens is 1. The highest BCUT2D eigenvalue weighted by atomic mass is 32.1. The van der Waals surface area contributed by atoms with Gasteiger partial charge in [-0.15, -0.1) is 0 Å². The van der Waals surface area contributed by atoms with E-state index in [1.54, 1.807) is 7.11 Å². The van der Waals surface area contributed by atoms with Crippen LogP contribution in [-0.2, 0) is 4.79 Å². The number of carbonyl (C=O) groups excluding carboxylic acids is 1. The third-order valence-corrected chi connectivity index (χ3v) is 4.35. The molecular formula is C14H18N4O2S. The summed E-state index contributed by atoms with van der Waals surface area (Å²) >= 11 is 1.46. The minimum absolute atomic E-state index is 0.0112. The van der Waals surface area contributed by atoms with E-state index >= 15 is 0 Å². The van der Waals surface area contributed by atoms with Crippen molar-refractivity contribution >= 4 is 32.6 Å². The molecule has 0 unspecified atom stereocenters. The lowest BCUT2D eigenvalue weighted by atomic mass is 10.3. The molecule has 2 N–H and O–H groups in total. The highest BCUT2D eigenvalue weighted by molar-refractivity contribution is 7.22. The van der Waals surface area contributed by atoms with E-state index in [0.29, 0.717) is 11.7 Å². The van der Waals surface area contributed by atoms with Gasteiger partial charge in [0.2, 0.25) is 5.91 Å². The minimum Gasteiger partial charge on any atom is -0.497 e. The zero-order valence-electron chi connectivity index (χ0n) is 11.9. The Bertz CT molecular complexity index is 637. The van der Waals surface area contributed by atoms with Gasteiger partial charge in [0, 0.05) is 26.2 Å². The van der Waals surface area contributed by atoms with Crippen molar-refractivity contribution in [2.45, 2.75) is 0 Å². The molecule has 6 nitrogen and oxygen atoms in total. The summed E-state index contributed by atoms with van der Waals surface area (Å²) in [5, 5.41) is 6.79. The van der Waals surface area contributed by atoms with Gasteiger partial charge in [0.15, 0.2) is 5.13 Å². The number of fused-ring (bicyclic) bond motifs is 1. The Morgan fingerprint density at radius 1 is 1.48 bits per heavy atom. The van der Waals surface area contributed by atoms with E-state index in [2.05, 4.69) is 20.5 Å². The third kappa shape index (κ3) is 3.49. The summed E-state index contributed by atoms with van der Waals surface area (Å²) in [7, 11) is 1.64. The molecule has 0 aliphatic carbocycles. The van der Waals surface area contributed by atoms with E-state index in [1.165, 1.54) is 11.3 Å². The van der Waals surface area contributed by atoms with Gasteiger partial charge in [-0.1, -0.05) is 11.3 Å². The van der Waals surface area contributed by atoms with Crippen molar-refractivity contribution in [3.8, 4) is 5.75 Å². The molecule has 1 aliphatic heterocycles. The molecule has 1 fully saturated rings. The average Bonchev–Trinajstić information content (AvgIpc) is 2.89. The normalized spacial score (nSPS) is 16.0. The molecule has 3 rings (SSSR count). The number of thiazole rings is 1. The molecule has 2 aromatic rings. The number of piperazine rings is 1. The van der Waals surface area contributed by atoms with Crippen molar-refractivity contribution in [3.05, 3.63) is 18.2 Å². The van der Waals surface area contributed by atoms with Gasteiger partial charge in [-0.05, 0) is 18.2 Å². The van der Waals surface area contributed by atoms with Gasteiger partial charge in [0.1, 0.15) is 5.75 Å². The van der Waals surface area contributed by atoms with Crippen molar-refractivity contribution in [1.29, 1.82) is 0 Å². The highest BCUT2D eigenvalue weighted by Crippen LogP contribution is 2.29. The van der Waals surface area contributed by atoms with Gasteiger partial charge >= 0.3 is 0 Å². The lowest BCUT2D eigenvalue weighted by molar-refractivity contribution is -0.117. The van der Waals surface area contributed by atoms with E-state index in [-0.39, 0.29) is 5.91 Å². The molecule has 1 aromatic heterocycles. The van der Waals surface area contributed by atoms with Gasteiger partial charge in [0.25, 0.3) is 0 Å². The molecule has 0 bridgehead atoms. The maximum absolute atomic E-state index is 12.0. The topological polar surface area (TPSA) is 66.5 Å². The van der Waals surface area contributed by atoms with E-state index in [9.17, 15) is 4.79 Å². The van der Waals surface area contributed by atoms with E-state index < -0.39 is 0 Å². The quantitative estimate of drug-likeness (QED) is 0.887. The number of nitrogens with zero attached hydrogens (tertiary/aromatic N) is 2. The van der Waals surface area contributed by atoms with Gasteiger partial charge in [-0.3, -0.25) is 9.69 Å². The first-order chi connectivity index (χ1) is 10.2. The highest BCUT2D eigenvalue weighted by Gasteiger charge is 2.15. The molecule has 1 amide bonds. The summed E-state index contributed by atoms with van der Waals surface area (Å²) in [5.41, 5.74) is 0.873. The smallest absolute Gasteiger partial charge is 0.240 e. The van der Waals surface area contributed by atoms with Crippen molar-refractivity contribution < 1.29 is 9.53 Å². The fraction of sp³-hybridized carbons (Fsp3) is 0.429. The number of nitrogens with one attached hydrogen (secondary N) is 2. The van der Waals surface area contributed by atoms with Crippen molar-refractivity contribution in [2.24, 2.45) is 0 Å². The summed E-state index contributed by atoms with van der Waals surface area (Å²) in [4.78, 5) is 18.6. The van der Waals surface area contributed by atoms with Crippen LogP contribution in [0.2, 0.25) is 0 Å². The Morgan fingerprint density at radius 2 is 2.29 bits per heavy atom. The SMILES string of the molecule is COc1ccc2nc(NC(=O)CN3CCNCC3)sc2c1. The lowest BCUT2D eigenvalue weighted by Gasteiger charge is -2.26. The molecule has 1 aromatic carbocycles. The van der Waals surface area contributed by atoms with Crippen molar-refractivity contribution in [1.82, 2.24) is 15.2 Å². The fourth-order valence-electron chi connectivity index (χ4n) is 2.32. The predicted molar refractivity (Wildman–Crippen MR) is 84.1 cm³/mol. The summed E-state index contributed by atoms with van der Waals surface area (Å²) in [6.45, 7) is 4.11. The molecule has 21 heavy (non-hydrogen) atoms. The summed E-state index contributed by atoms with van der Waals surface area (Å²) in [6, 6.07) is 5.70. The van der Waals surface area contributed by atoms with Crippen LogP contribution in [0.1, 0.15) is 0 Å². The zero-order chi connectivity index (χ0) is 14.7. The lowest BCUT2D eigenvalue weighted by Crippen LogP contribution is -2.46. The van der Waals surface area contributed by atoms with Crippen LogP contribution in [0.15, 0.2) is 18.2 Å². The number of benzene rings is 1. The van der Waals surface area contributed by atoms with Gasteiger partial charge < -0.3 is 15.4 Å². The van der Waals surface area contributed by atoms with Crippen molar-refractivity contribution in [2.75, 3.05) is 45.2 Å². The second-order valence-corrected chi connectivity index (χ2v) is 5.96. The largest absolute Gasteiger partial charge is 0.497 e. The molecule has 0 radical (unpaired) electrons. The number of anilines is 1. The van der Waals surface area contributed by atoms with Crippen LogP contribution in [-0.4, -0.2) is 55.6 Å². The van der Waals surface area contributed by atoms with Crippen LogP contribution in [0.5, 0.6) is 5.75 Å². The van der Waals surface area contributed by atoms with Crippen molar-refractivity contribution in [3.63, 3.8) is 0 Å². The first-order valence-corrected chi connectivity index (χ1v) is 7.74. The van der Waals surface area contributed by atoms with Gasteiger partial charge in [-0.2, -0.15) is 0 Å². The second kappa shape index (κ2) is 6.38. The first kappa shape index (κ1) is 14.2. The number of rotatable bonds is 4. The fourth-order valence-corrected chi connectivity index (χ4v) is 3.23. The molecule has 1 saturated heterocycles. The minimum atomic E-state index is -0.0112. The average molecular weight is 306 g/mol. The Hall–Kier alpha value is -1.70. The van der Waals surface area contributed by atoms with Crippen LogP contribution in [0.3, 0.4) is 0 Å². The number of carbonyl (C=O) groups is 1. The first-order valence-electron chi connectivity index (χ1n) is 6.92. The maximum atomic E-state index is 12.0. The molecule has 0 atom stereocenters. The Kier molecular flexibility index (Phi) is 4.33. The molecule has 112 valence electrons. The number of hydrogen-bond acceptors (Lipinski definition) is 6. The number of amides is 1. The van der Waals surface area contributed by atoms with Crippen LogP contribution in [0.25, 0.3) is 10.2 Å². The molecule has 0 saturated carbocycles. The van der Waals surface area contributed by atoms with Crippen LogP contribution in [0.4, 0.5) is 5.13 Å². The Morgan fingerprint density at radius 3 is 3.05 bits per heavy atom. The second-order valence-electron chi connectivity index (χ2n) is 4.93. The zero-order valence-corrected chi connectivity index (χ0v) is 12.7. The molecule has 7 heteroatoms. The Labute approximate surface area is 127 Å². The number of methoxy groups -OCH3 is 1. The standard InChI is InChI=1S/C14H18N4O2S/c1-20-10-2-3-11-12(8-10)21-14(16-11)17-13(19)9-18-6-4-15-5-7-18/h2-3,8,15H,4-7,9H2,1H3,(H,16,17,19). The Balaban J connectivity index is 1.65. The molecule has 1 aliphatic rings. The summed E-state index contributed by atoms with van der Waals surface area (Å²) < 4.78 is 6.20.